The van der Waals surface area contributed by atoms with Crippen LogP contribution < -0.4 is 0 Å². The van der Waals surface area contributed by atoms with Crippen LogP contribution in [-0.2, 0) is 0 Å². The van der Waals surface area contributed by atoms with E-state index in [1.54, 1.807) is 0 Å². The molecule has 5 rings (SSSR count). The third kappa shape index (κ3) is 2.84. The van der Waals surface area contributed by atoms with E-state index in [-0.39, 0.29) is 11.5 Å². The largest absolute Gasteiger partial charge is 0.396 e. The average molecular weight is 443 g/mol. The second-order valence-electron chi connectivity index (χ2n) is 14.1. The Labute approximate surface area is 197 Å². The zero-order valence-electron chi connectivity index (χ0n) is 21.6. The molecule has 0 aromatic carbocycles. The van der Waals surface area contributed by atoms with Crippen molar-refractivity contribution in [2.45, 2.75) is 111 Å². The summed E-state index contributed by atoms with van der Waals surface area (Å²) in [5.74, 6) is 3.84. The fraction of sp³-hybridized carbons (Fsp3) is 0.933. The van der Waals surface area contributed by atoms with Crippen molar-refractivity contribution in [2.75, 3.05) is 6.61 Å². The van der Waals surface area contributed by atoms with Gasteiger partial charge in [0.2, 0.25) is 0 Å². The molecule has 0 radical (unpaired) electrons. The van der Waals surface area contributed by atoms with E-state index in [1.807, 2.05) is 0 Å². The zero-order valence-corrected chi connectivity index (χ0v) is 21.6. The Morgan fingerprint density at radius 3 is 2.31 bits per heavy atom. The van der Waals surface area contributed by atoms with Crippen LogP contribution in [0, 0.1) is 57.2 Å². The molecule has 11 atom stereocenters. The molecule has 182 valence electrons. The van der Waals surface area contributed by atoms with E-state index in [4.69, 9.17) is 0 Å². The van der Waals surface area contributed by atoms with Gasteiger partial charge >= 0.3 is 0 Å². The van der Waals surface area contributed by atoms with Crippen LogP contribution in [0.3, 0.4) is 0 Å². The molecule has 2 nitrogen and oxygen atoms in total. The lowest BCUT2D eigenvalue weighted by molar-refractivity contribution is -0.247. The number of rotatable bonds is 2. The Balaban J connectivity index is 1.55. The van der Waals surface area contributed by atoms with Crippen molar-refractivity contribution >= 4 is 0 Å². The van der Waals surface area contributed by atoms with Gasteiger partial charge in [0.15, 0.2) is 0 Å². The summed E-state index contributed by atoms with van der Waals surface area (Å²) in [5.41, 5.74) is 2.62. The van der Waals surface area contributed by atoms with Crippen molar-refractivity contribution in [3.8, 4) is 0 Å². The molecule has 0 aromatic heterocycles. The highest BCUT2D eigenvalue weighted by Gasteiger charge is 2.69. The molecule has 5 fully saturated rings. The lowest BCUT2D eigenvalue weighted by Gasteiger charge is -2.73. The van der Waals surface area contributed by atoms with E-state index in [0.717, 1.165) is 18.3 Å². The first-order valence-electron chi connectivity index (χ1n) is 14.0. The molecule has 2 N–H and O–H groups in total. The van der Waals surface area contributed by atoms with Crippen LogP contribution >= 0.6 is 0 Å². The Morgan fingerprint density at radius 1 is 0.875 bits per heavy atom. The topological polar surface area (TPSA) is 40.5 Å². The predicted octanol–water partition coefficient (Wildman–Crippen LogP) is 7.00. The highest BCUT2D eigenvalue weighted by molar-refractivity contribution is 5.20. The second kappa shape index (κ2) is 7.58. The standard InChI is InChI=1S/C30H50O2/c1-19(2)21-8-7-13-30(18-31)17-16-28(5)23(26(21)30)9-10-25-27(4)14-12-24(32)20(3)22(27)11-15-29(25,28)6/h20-26,31-32H,1,7-18H2,2-6H3/t20-,21?,22?,23?,24-,25?,26?,27-,28+,29+,30+/m0/s1. The number of fused-ring (bicyclic) bond motifs is 7. The van der Waals surface area contributed by atoms with Gasteiger partial charge in [-0.25, -0.2) is 0 Å². The van der Waals surface area contributed by atoms with Crippen molar-refractivity contribution < 1.29 is 10.2 Å². The van der Waals surface area contributed by atoms with E-state index in [0.29, 0.717) is 46.5 Å². The lowest BCUT2D eigenvalue weighted by atomic mass is 9.32. The van der Waals surface area contributed by atoms with Gasteiger partial charge in [0.25, 0.3) is 0 Å². The maximum absolute atomic E-state index is 10.7. The van der Waals surface area contributed by atoms with Crippen molar-refractivity contribution in [1.82, 2.24) is 0 Å². The molecule has 0 amide bonds. The van der Waals surface area contributed by atoms with Gasteiger partial charge in [-0.1, -0.05) is 46.3 Å². The molecule has 5 aliphatic rings. The minimum absolute atomic E-state index is 0.0947. The SMILES string of the molecule is C=C(C)C1CCC[C@]2(CO)CC[C@]3(C)C(CCC4[C@@]5(C)CC[C@H](O)[C@@H](C)C5CC[C@]43C)C12. The fourth-order valence-electron chi connectivity index (χ4n) is 11.4. The summed E-state index contributed by atoms with van der Waals surface area (Å²) in [6.45, 7) is 17.4. The van der Waals surface area contributed by atoms with Crippen LogP contribution in [0.25, 0.3) is 0 Å². The van der Waals surface area contributed by atoms with Crippen LogP contribution in [0.2, 0.25) is 0 Å². The minimum atomic E-state index is -0.0947. The summed E-state index contributed by atoms with van der Waals surface area (Å²) < 4.78 is 0. The first-order chi connectivity index (χ1) is 15.0. The van der Waals surface area contributed by atoms with E-state index < -0.39 is 0 Å². The Hall–Kier alpha value is -0.340. The summed E-state index contributed by atoms with van der Waals surface area (Å²) in [7, 11) is 0. The van der Waals surface area contributed by atoms with E-state index in [1.165, 1.54) is 69.8 Å². The van der Waals surface area contributed by atoms with Gasteiger partial charge in [-0.2, -0.15) is 0 Å². The quantitative estimate of drug-likeness (QED) is 0.452. The predicted molar refractivity (Wildman–Crippen MR) is 132 cm³/mol. The van der Waals surface area contributed by atoms with Crippen molar-refractivity contribution in [3.05, 3.63) is 12.2 Å². The molecule has 0 saturated heterocycles. The van der Waals surface area contributed by atoms with E-state index in [9.17, 15) is 10.2 Å². The van der Waals surface area contributed by atoms with Crippen molar-refractivity contribution in [2.24, 2.45) is 57.2 Å². The summed E-state index contributed by atoms with van der Waals surface area (Å²) in [4.78, 5) is 0. The molecular weight excluding hydrogens is 392 g/mol. The van der Waals surface area contributed by atoms with Gasteiger partial charge in [-0.15, -0.1) is 0 Å². The highest BCUT2D eigenvalue weighted by atomic mass is 16.3. The molecular formula is C30H50O2. The Kier molecular flexibility index (Phi) is 5.54. The second-order valence-corrected chi connectivity index (χ2v) is 14.1. The normalized spacial score (nSPS) is 57.5. The van der Waals surface area contributed by atoms with Crippen LogP contribution in [0.15, 0.2) is 12.2 Å². The molecule has 5 aliphatic carbocycles. The zero-order chi connectivity index (χ0) is 23.1. The minimum Gasteiger partial charge on any atom is -0.396 e. The Bertz CT molecular complexity index is 760. The Morgan fingerprint density at radius 2 is 1.62 bits per heavy atom. The number of hydrogen-bond acceptors (Lipinski definition) is 2. The summed E-state index contributed by atoms with van der Waals surface area (Å²) in [5, 5.41) is 21.4. The number of aliphatic hydroxyl groups is 2. The van der Waals surface area contributed by atoms with Crippen LogP contribution in [0.5, 0.6) is 0 Å². The van der Waals surface area contributed by atoms with Gasteiger partial charge in [-0.3, -0.25) is 0 Å². The van der Waals surface area contributed by atoms with Crippen molar-refractivity contribution in [1.29, 1.82) is 0 Å². The third-order valence-corrected chi connectivity index (χ3v) is 13.4. The van der Waals surface area contributed by atoms with Gasteiger partial charge in [0.05, 0.1) is 6.10 Å². The first kappa shape index (κ1) is 23.4. The van der Waals surface area contributed by atoms with Gasteiger partial charge < -0.3 is 10.2 Å². The summed E-state index contributed by atoms with van der Waals surface area (Å²) in [6.07, 6.45) is 13.7. The first-order valence-corrected chi connectivity index (χ1v) is 14.0. The molecule has 5 saturated carbocycles. The monoisotopic (exact) mass is 442 g/mol. The van der Waals surface area contributed by atoms with Gasteiger partial charge in [-0.05, 0) is 128 Å². The summed E-state index contributed by atoms with van der Waals surface area (Å²) >= 11 is 0. The van der Waals surface area contributed by atoms with Gasteiger partial charge in [0, 0.05) is 6.61 Å². The van der Waals surface area contributed by atoms with Crippen molar-refractivity contribution in [3.63, 3.8) is 0 Å². The molecule has 2 heteroatoms. The molecule has 0 aromatic rings. The van der Waals surface area contributed by atoms with Crippen LogP contribution in [-0.4, -0.2) is 22.9 Å². The van der Waals surface area contributed by atoms with Crippen LogP contribution in [0.1, 0.15) is 105 Å². The highest BCUT2D eigenvalue weighted by Crippen LogP contribution is 2.76. The molecule has 0 spiro atoms. The van der Waals surface area contributed by atoms with E-state index in [2.05, 4.69) is 41.2 Å². The molecule has 0 heterocycles. The number of hydrogen-bond donors (Lipinski definition) is 2. The lowest BCUT2D eigenvalue weighted by Crippen LogP contribution is -2.66. The van der Waals surface area contributed by atoms with Gasteiger partial charge in [0.1, 0.15) is 0 Å². The smallest absolute Gasteiger partial charge is 0.0568 e. The molecule has 0 bridgehead atoms. The van der Waals surface area contributed by atoms with E-state index >= 15 is 0 Å². The number of allylic oxidation sites excluding steroid dienone is 1. The average Bonchev–Trinajstić information content (AvgIpc) is 2.76. The third-order valence-electron chi connectivity index (χ3n) is 13.4. The summed E-state index contributed by atoms with van der Waals surface area (Å²) in [6, 6.07) is 0. The maximum atomic E-state index is 10.7. The number of aliphatic hydroxyl groups excluding tert-OH is 2. The molecule has 32 heavy (non-hydrogen) atoms. The molecule has 0 aliphatic heterocycles. The fourth-order valence-corrected chi connectivity index (χ4v) is 11.4. The van der Waals surface area contributed by atoms with Crippen LogP contribution in [0.4, 0.5) is 0 Å². The molecule has 5 unspecified atom stereocenters. The maximum Gasteiger partial charge on any atom is 0.0568 e.